The number of hydrogen-bond donors (Lipinski definition) is 1. The van der Waals surface area contributed by atoms with Gasteiger partial charge in [0, 0.05) is 31.6 Å². The van der Waals surface area contributed by atoms with Gasteiger partial charge in [0.15, 0.2) is 0 Å². The minimum absolute atomic E-state index is 0.00492. The topological polar surface area (TPSA) is 49.4 Å². The summed E-state index contributed by atoms with van der Waals surface area (Å²) in [6.45, 7) is 4.83. The van der Waals surface area contributed by atoms with Crippen molar-refractivity contribution in [3.8, 4) is 0 Å². The highest BCUT2D eigenvalue weighted by molar-refractivity contribution is 7.89. The number of nitrogens with zero attached hydrogens (tertiary/aromatic N) is 1. The smallest absolute Gasteiger partial charge is 0.240 e. The van der Waals surface area contributed by atoms with Crippen molar-refractivity contribution in [2.45, 2.75) is 50.1 Å². The Kier molecular flexibility index (Phi) is 7.52. The molecule has 1 heterocycles. The van der Waals surface area contributed by atoms with E-state index >= 15 is 0 Å². The Balaban J connectivity index is 1.51. The Morgan fingerprint density at radius 3 is 2.43 bits per heavy atom. The summed E-state index contributed by atoms with van der Waals surface area (Å²) in [6.07, 6.45) is 3.43. The monoisotopic (exact) mass is 420 g/mol. The van der Waals surface area contributed by atoms with Crippen molar-refractivity contribution in [1.82, 2.24) is 9.62 Å². The van der Waals surface area contributed by atoms with E-state index in [2.05, 4.69) is 40.8 Å². The summed E-state index contributed by atoms with van der Waals surface area (Å²) in [4.78, 5) is 2.73. The second-order valence-corrected chi connectivity index (χ2v) is 9.69. The Bertz CT molecular complexity index is 860. The second-order valence-electron chi connectivity index (χ2n) is 7.60. The van der Waals surface area contributed by atoms with Crippen LogP contribution in [0.2, 0.25) is 0 Å². The molecule has 6 heteroatoms. The van der Waals surface area contributed by atoms with E-state index in [1.807, 2.05) is 12.1 Å². The maximum Gasteiger partial charge on any atom is 0.240 e. The van der Waals surface area contributed by atoms with Crippen LogP contribution in [0.4, 0.5) is 0 Å². The van der Waals surface area contributed by atoms with Crippen LogP contribution in [0.1, 0.15) is 36.0 Å². The molecule has 0 aliphatic carbocycles. The van der Waals surface area contributed by atoms with Crippen molar-refractivity contribution in [3.63, 3.8) is 0 Å². The van der Waals surface area contributed by atoms with Gasteiger partial charge in [0.1, 0.15) is 0 Å². The molecule has 1 aliphatic rings. The standard InChI is InChI=1S/C22H29ClN2O2S/c1-18-4-2-5-20(16-18)17-25-14-11-21(12-15-25)24-28(26,27)22-9-7-19(8-10-22)6-3-13-23/h2,4-5,7-10,16,21,24H,3,6,11-15,17H2,1H3. The molecule has 2 aromatic rings. The third kappa shape index (κ3) is 6.05. The quantitative estimate of drug-likeness (QED) is 0.654. The fourth-order valence-electron chi connectivity index (χ4n) is 3.67. The lowest BCUT2D eigenvalue weighted by molar-refractivity contribution is 0.200. The van der Waals surface area contributed by atoms with E-state index in [9.17, 15) is 8.42 Å². The lowest BCUT2D eigenvalue weighted by Crippen LogP contribution is -2.44. The minimum Gasteiger partial charge on any atom is -0.299 e. The summed E-state index contributed by atoms with van der Waals surface area (Å²) in [5.74, 6) is 0.615. The van der Waals surface area contributed by atoms with Gasteiger partial charge in [-0.05, 0) is 55.9 Å². The molecule has 3 rings (SSSR count). The van der Waals surface area contributed by atoms with Crippen LogP contribution in [-0.4, -0.2) is 38.3 Å². The largest absolute Gasteiger partial charge is 0.299 e. The minimum atomic E-state index is -3.47. The molecule has 0 radical (unpaired) electrons. The zero-order valence-electron chi connectivity index (χ0n) is 16.4. The number of aryl methyl sites for hydroxylation is 2. The molecule has 1 saturated heterocycles. The Labute approximate surface area is 174 Å². The molecular formula is C22H29ClN2O2S. The van der Waals surface area contributed by atoms with E-state index in [-0.39, 0.29) is 6.04 Å². The van der Waals surface area contributed by atoms with E-state index in [1.165, 1.54) is 11.1 Å². The zero-order chi connectivity index (χ0) is 20.0. The Hall–Kier alpha value is -1.40. The van der Waals surface area contributed by atoms with Gasteiger partial charge in [0.2, 0.25) is 10.0 Å². The molecule has 0 bridgehead atoms. The van der Waals surface area contributed by atoms with Gasteiger partial charge >= 0.3 is 0 Å². The number of piperidine rings is 1. The average Bonchev–Trinajstić information content (AvgIpc) is 2.68. The number of nitrogens with one attached hydrogen (secondary N) is 1. The highest BCUT2D eigenvalue weighted by Crippen LogP contribution is 2.18. The first-order valence-corrected chi connectivity index (χ1v) is 11.9. The van der Waals surface area contributed by atoms with E-state index < -0.39 is 10.0 Å². The van der Waals surface area contributed by atoms with Gasteiger partial charge in [-0.3, -0.25) is 4.90 Å². The number of sulfonamides is 1. The van der Waals surface area contributed by atoms with Crippen LogP contribution in [0, 0.1) is 6.92 Å². The van der Waals surface area contributed by atoms with Crippen molar-refractivity contribution in [3.05, 3.63) is 65.2 Å². The fourth-order valence-corrected chi connectivity index (χ4v) is 5.11. The maximum atomic E-state index is 12.7. The van der Waals surface area contributed by atoms with Gasteiger partial charge in [-0.1, -0.05) is 42.0 Å². The number of rotatable bonds is 8. The van der Waals surface area contributed by atoms with Gasteiger partial charge in [-0.15, -0.1) is 11.6 Å². The molecule has 4 nitrogen and oxygen atoms in total. The lowest BCUT2D eigenvalue weighted by Gasteiger charge is -2.32. The van der Waals surface area contributed by atoms with Crippen LogP contribution >= 0.6 is 11.6 Å². The van der Waals surface area contributed by atoms with Gasteiger partial charge in [-0.2, -0.15) is 0 Å². The maximum absolute atomic E-state index is 12.7. The molecular weight excluding hydrogens is 392 g/mol. The SMILES string of the molecule is Cc1cccc(CN2CCC(NS(=O)(=O)c3ccc(CCCCl)cc3)CC2)c1. The van der Waals surface area contributed by atoms with Crippen LogP contribution in [0.5, 0.6) is 0 Å². The average molecular weight is 421 g/mol. The molecule has 0 saturated carbocycles. The predicted molar refractivity (Wildman–Crippen MR) is 115 cm³/mol. The van der Waals surface area contributed by atoms with E-state index in [4.69, 9.17) is 11.6 Å². The molecule has 1 N–H and O–H groups in total. The van der Waals surface area contributed by atoms with Crippen LogP contribution in [0.3, 0.4) is 0 Å². The Morgan fingerprint density at radius 2 is 1.79 bits per heavy atom. The van der Waals surface area contributed by atoms with E-state index in [0.29, 0.717) is 10.8 Å². The molecule has 28 heavy (non-hydrogen) atoms. The van der Waals surface area contributed by atoms with Crippen molar-refractivity contribution in [2.24, 2.45) is 0 Å². The van der Waals surface area contributed by atoms with Gasteiger partial charge in [-0.25, -0.2) is 13.1 Å². The third-order valence-corrected chi connectivity index (χ3v) is 7.03. The highest BCUT2D eigenvalue weighted by atomic mass is 35.5. The predicted octanol–water partition coefficient (Wildman–Crippen LogP) is 4.11. The fraction of sp³-hybridized carbons (Fsp3) is 0.455. The number of halogens is 1. The van der Waals surface area contributed by atoms with Crippen LogP contribution in [0.25, 0.3) is 0 Å². The van der Waals surface area contributed by atoms with Crippen LogP contribution < -0.4 is 4.72 Å². The lowest BCUT2D eigenvalue weighted by atomic mass is 10.0. The van der Waals surface area contributed by atoms with Gasteiger partial charge in [0.25, 0.3) is 0 Å². The van der Waals surface area contributed by atoms with Crippen molar-refractivity contribution < 1.29 is 8.42 Å². The van der Waals surface area contributed by atoms with E-state index in [1.54, 1.807) is 12.1 Å². The summed E-state index contributed by atoms with van der Waals surface area (Å²) >= 11 is 5.72. The number of alkyl halides is 1. The van der Waals surface area contributed by atoms with Crippen molar-refractivity contribution in [1.29, 1.82) is 0 Å². The summed E-state index contributed by atoms with van der Waals surface area (Å²) in [5, 5.41) is 0. The van der Waals surface area contributed by atoms with Crippen LogP contribution in [0.15, 0.2) is 53.4 Å². The second kappa shape index (κ2) is 9.88. The summed E-state index contributed by atoms with van der Waals surface area (Å²) in [6, 6.07) is 15.7. The number of likely N-dealkylation sites (tertiary alicyclic amines) is 1. The van der Waals surface area contributed by atoms with Gasteiger partial charge < -0.3 is 0 Å². The molecule has 1 fully saturated rings. The number of hydrogen-bond acceptors (Lipinski definition) is 3. The van der Waals surface area contributed by atoms with E-state index in [0.717, 1.165) is 50.9 Å². The molecule has 0 spiro atoms. The molecule has 0 aromatic heterocycles. The van der Waals surface area contributed by atoms with Crippen LogP contribution in [-0.2, 0) is 23.0 Å². The first-order valence-electron chi connectivity index (χ1n) is 9.91. The third-order valence-electron chi connectivity index (χ3n) is 5.23. The number of benzene rings is 2. The molecule has 1 aliphatic heterocycles. The normalized spacial score (nSPS) is 16.4. The van der Waals surface area contributed by atoms with Crippen molar-refractivity contribution in [2.75, 3.05) is 19.0 Å². The first kappa shape index (κ1) is 21.3. The molecule has 0 atom stereocenters. The van der Waals surface area contributed by atoms with Gasteiger partial charge in [0.05, 0.1) is 4.90 Å². The molecule has 0 amide bonds. The zero-order valence-corrected chi connectivity index (χ0v) is 18.0. The van der Waals surface area contributed by atoms with Crippen molar-refractivity contribution >= 4 is 21.6 Å². The summed E-state index contributed by atoms with van der Waals surface area (Å²) < 4.78 is 28.3. The first-order chi connectivity index (χ1) is 13.5. The summed E-state index contributed by atoms with van der Waals surface area (Å²) in [7, 11) is -3.47. The molecule has 2 aromatic carbocycles. The summed E-state index contributed by atoms with van der Waals surface area (Å²) in [5.41, 5.74) is 3.70. The Morgan fingerprint density at radius 1 is 1.07 bits per heavy atom. The highest BCUT2D eigenvalue weighted by Gasteiger charge is 2.24. The molecule has 152 valence electrons. The molecule has 0 unspecified atom stereocenters.